The molecular weight excluding hydrogens is 277 g/mol. The Labute approximate surface area is 117 Å². The number of hydrogen-bond acceptors (Lipinski definition) is 3. The molecule has 100 valence electrons. The minimum absolute atomic E-state index is 0. The van der Waals surface area contributed by atoms with Gasteiger partial charge in [-0.1, -0.05) is 25.4 Å². The number of rotatable bonds is 1. The number of ether oxygens (including phenoxy) is 1. The highest BCUT2D eigenvalue weighted by Gasteiger charge is 2.39. The number of alkyl carbamates (subject to hydrolysis) is 1. The lowest BCUT2D eigenvalue weighted by Crippen LogP contribution is -2.46. The van der Waals surface area contributed by atoms with Gasteiger partial charge in [-0.2, -0.15) is 0 Å². The third kappa shape index (κ3) is 2.82. The highest BCUT2D eigenvalue weighted by atomic mass is 35.5. The lowest BCUT2D eigenvalue weighted by atomic mass is 9.80. The SMILES string of the molecule is CC1(C)COC(=O)N[C@@H]1c1cc(Cl)ccc1O.Cl. The predicted molar refractivity (Wildman–Crippen MR) is 71.4 cm³/mol. The van der Waals surface area contributed by atoms with Gasteiger partial charge in [0.1, 0.15) is 12.4 Å². The molecule has 0 aliphatic carbocycles. The van der Waals surface area contributed by atoms with Crippen molar-refractivity contribution in [3.05, 3.63) is 28.8 Å². The molecule has 1 aliphatic rings. The first kappa shape index (κ1) is 14.9. The number of phenolic OH excluding ortho intramolecular Hbond substituents is 1. The molecule has 1 atom stereocenters. The number of amides is 1. The van der Waals surface area contributed by atoms with E-state index in [0.29, 0.717) is 17.2 Å². The molecule has 0 spiro atoms. The molecule has 1 aromatic carbocycles. The molecule has 1 saturated heterocycles. The molecule has 0 saturated carbocycles. The summed E-state index contributed by atoms with van der Waals surface area (Å²) in [6.07, 6.45) is -0.478. The Balaban J connectivity index is 0.00000162. The quantitative estimate of drug-likeness (QED) is 0.835. The summed E-state index contributed by atoms with van der Waals surface area (Å²) in [5, 5.41) is 13.1. The molecule has 0 unspecified atom stereocenters. The smallest absolute Gasteiger partial charge is 0.407 e. The Morgan fingerprint density at radius 2 is 2.17 bits per heavy atom. The van der Waals surface area contributed by atoms with Gasteiger partial charge in [-0.25, -0.2) is 4.79 Å². The number of phenols is 1. The van der Waals surface area contributed by atoms with E-state index in [4.69, 9.17) is 16.3 Å². The van der Waals surface area contributed by atoms with E-state index in [0.717, 1.165) is 0 Å². The van der Waals surface area contributed by atoms with Crippen LogP contribution in [0, 0.1) is 5.41 Å². The number of carbonyl (C=O) groups is 1. The van der Waals surface area contributed by atoms with Gasteiger partial charge in [0.05, 0.1) is 6.04 Å². The summed E-state index contributed by atoms with van der Waals surface area (Å²) in [6.45, 7) is 4.21. The van der Waals surface area contributed by atoms with Gasteiger partial charge in [0.25, 0.3) is 0 Å². The van der Waals surface area contributed by atoms with Crippen molar-refractivity contribution in [1.82, 2.24) is 5.32 Å². The molecule has 1 heterocycles. The molecule has 0 bridgehead atoms. The number of halogens is 2. The predicted octanol–water partition coefficient (Wildman–Crippen LogP) is 3.27. The average Bonchev–Trinajstić information content (AvgIpc) is 2.26. The largest absolute Gasteiger partial charge is 0.508 e. The van der Waals surface area contributed by atoms with Gasteiger partial charge < -0.3 is 15.2 Å². The summed E-state index contributed by atoms with van der Waals surface area (Å²) >= 11 is 5.91. The highest BCUT2D eigenvalue weighted by molar-refractivity contribution is 6.30. The molecule has 2 rings (SSSR count). The van der Waals surface area contributed by atoms with Crippen LogP contribution in [0.25, 0.3) is 0 Å². The maximum absolute atomic E-state index is 11.3. The van der Waals surface area contributed by atoms with E-state index in [9.17, 15) is 9.90 Å². The van der Waals surface area contributed by atoms with Gasteiger partial charge in [-0.3, -0.25) is 0 Å². The van der Waals surface area contributed by atoms with E-state index in [2.05, 4.69) is 5.32 Å². The normalized spacial score (nSPS) is 21.5. The Morgan fingerprint density at radius 3 is 2.83 bits per heavy atom. The molecule has 0 aromatic heterocycles. The van der Waals surface area contributed by atoms with Crippen molar-refractivity contribution < 1.29 is 14.6 Å². The van der Waals surface area contributed by atoms with Crippen LogP contribution in [0.3, 0.4) is 0 Å². The van der Waals surface area contributed by atoms with E-state index in [1.54, 1.807) is 12.1 Å². The Morgan fingerprint density at radius 1 is 1.50 bits per heavy atom. The second kappa shape index (κ2) is 5.24. The Kier molecular flexibility index (Phi) is 4.35. The monoisotopic (exact) mass is 291 g/mol. The van der Waals surface area contributed by atoms with Gasteiger partial charge in [0, 0.05) is 16.0 Å². The maximum atomic E-state index is 11.3. The van der Waals surface area contributed by atoms with E-state index >= 15 is 0 Å². The fourth-order valence-electron chi connectivity index (χ4n) is 1.95. The van der Waals surface area contributed by atoms with Gasteiger partial charge >= 0.3 is 6.09 Å². The second-order valence-corrected chi connectivity index (χ2v) is 5.28. The summed E-state index contributed by atoms with van der Waals surface area (Å²) in [7, 11) is 0. The lowest BCUT2D eigenvalue weighted by Gasteiger charge is -2.38. The minimum Gasteiger partial charge on any atom is -0.508 e. The molecule has 1 aromatic rings. The summed E-state index contributed by atoms with van der Waals surface area (Å²) in [6, 6.07) is 4.47. The first-order valence-electron chi connectivity index (χ1n) is 5.32. The van der Waals surface area contributed by atoms with Crippen LogP contribution < -0.4 is 5.32 Å². The van der Waals surface area contributed by atoms with Crippen molar-refractivity contribution in [2.45, 2.75) is 19.9 Å². The standard InChI is InChI=1S/C12H14ClNO3.ClH/c1-12(2)6-17-11(16)14-10(12)8-5-7(13)3-4-9(8)15;/h3-5,10,15H,6H2,1-2H3,(H,14,16);1H/t10-;/m1./s1. The number of nitrogens with one attached hydrogen (secondary N) is 1. The highest BCUT2D eigenvalue weighted by Crippen LogP contribution is 2.40. The Bertz CT molecular complexity index is 463. The van der Waals surface area contributed by atoms with Crippen molar-refractivity contribution in [2.24, 2.45) is 5.41 Å². The summed E-state index contributed by atoms with van der Waals surface area (Å²) in [4.78, 5) is 11.3. The van der Waals surface area contributed by atoms with Gasteiger partial charge in [0.2, 0.25) is 0 Å². The summed E-state index contributed by atoms with van der Waals surface area (Å²) in [5.74, 6) is 0.120. The van der Waals surface area contributed by atoms with Crippen LogP contribution in [0.15, 0.2) is 18.2 Å². The van der Waals surface area contributed by atoms with Crippen LogP contribution >= 0.6 is 24.0 Å². The topological polar surface area (TPSA) is 58.6 Å². The number of cyclic esters (lactones) is 1. The third-order valence-electron chi connectivity index (χ3n) is 2.92. The van der Waals surface area contributed by atoms with Crippen LogP contribution in [0.4, 0.5) is 4.79 Å². The number of aromatic hydroxyl groups is 1. The van der Waals surface area contributed by atoms with Crippen LogP contribution in [0.2, 0.25) is 5.02 Å². The van der Waals surface area contributed by atoms with Crippen molar-refractivity contribution in [3.63, 3.8) is 0 Å². The van der Waals surface area contributed by atoms with Crippen LogP contribution in [0.5, 0.6) is 5.75 Å². The van der Waals surface area contributed by atoms with E-state index in [1.165, 1.54) is 6.07 Å². The van der Waals surface area contributed by atoms with Gasteiger partial charge in [0.15, 0.2) is 0 Å². The fourth-order valence-corrected chi connectivity index (χ4v) is 2.13. The van der Waals surface area contributed by atoms with Crippen LogP contribution in [-0.2, 0) is 4.74 Å². The molecule has 6 heteroatoms. The van der Waals surface area contributed by atoms with Gasteiger partial charge in [-0.05, 0) is 18.2 Å². The number of carbonyl (C=O) groups excluding carboxylic acids is 1. The number of hydrogen-bond donors (Lipinski definition) is 2. The van der Waals surface area contributed by atoms with Crippen LogP contribution in [0.1, 0.15) is 25.5 Å². The maximum Gasteiger partial charge on any atom is 0.407 e. The molecule has 4 nitrogen and oxygen atoms in total. The molecule has 1 fully saturated rings. The van der Waals surface area contributed by atoms with Gasteiger partial charge in [-0.15, -0.1) is 12.4 Å². The zero-order valence-electron chi connectivity index (χ0n) is 10.1. The summed E-state index contributed by atoms with van der Waals surface area (Å²) < 4.78 is 4.95. The van der Waals surface area contributed by atoms with Crippen molar-refractivity contribution in [2.75, 3.05) is 6.61 Å². The van der Waals surface area contributed by atoms with Crippen molar-refractivity contribution >= 4 is 30.1 Å². The fraction of sp³-hybridized carbons (Fsp3) is 0.417. The molecular formula is C12H15Cl2NO3. The lowest BCUT2D eigenvalue weighted by molar-refractivity contribution is 0.0381. The molecule has 1 amide bonds. The zero-order chi connectivity index (χ0) is 12.6. The zero-order valence-corrected chi connectivity index (χ0v) is 11.6. The first-order chi connectivity index (χ1) is 7.90. The molecule has 1 aliphatic heterocycles. The molecule has 0 radical (unpaired) electrons. The average molecular weight is 292 g/mol. The molecule has 18 heavy (non-hydrogen) atoms. The third-order valence-corrected chi connectivity index (χ3v) is 3.15. The second-order valence-electron chi connectivity index (χ2n) is 4.85. The van der Waals surface area contributed by atoms with E-state index in [1.807, 2.05) is 13.8 Å². The van der Waals surface area contributed by atoms with E-state index in [-0.39, 0.29) is 29.6 Å². The van der Waals surface area contributed by atoms with E-state index < -0.39 is 6.09 Å². The minimum atomic E-state index is -0.478. The summed E-state index contributed by atoms with van der Waals surface area (Å²) in [5.41, 5.74) is 0.301. The Hall–Kier alpha value is -1.13. The molecule has 2 N–H and O–H groups in total. The van der Waals surface area contributed by atoms with Crippen molar-refractivity contribution in [3.8, 4) is 5.75 Å². The first-order valence-corrected chi connectivity index (χ1v) is 5.70. The van der Waals surface area contributed by atoms with Crippen molar-refractivity contribution in [1.29, 1.82) is 0 Å². The number of benzene rings is 1. The van der Waals surface area contributed by atoms with Crippen LogP contribution in [-0.4, -0.2) is 17.8 Å².